The molecule has 0 radical (unpaired) electrons. The summed E-state index contributed by atoms with van der Waals surface area (Å²) >= 11 is 1.62. The Labute approximate surface area is 160 Å². The highest BCUT2D eigenvalue weighted by Gasteiger charge is 2.28. The van der Waals surface area contributed by atoms with Crippen molar-refractivity contribution in [3.8, 4) is 5.75 Å². The van der Waals surface area contributed by atoms with E-state index < -0.39 is 18.6 Å². The van der Waals surface area contributed by atoms with Crippen molar-refractivity contribution < 1.29 is 22.7 Å². The van der Waals surface area contributed by atoms with Crippen molar-refractivity contribution in [1.82, 2.24) is 10.2 Å². The van der Waals surface area contributed by atoms with Gasteiger partial charge in [0.2, 0.25) is 5.91 Å². The highest BCUT2D eigenvalue weighted by Crippen LogP contribution is 2.18. The Kier molecular flexibility index (Phi) is 7.67. The van der Waals surface area contributed by atoms with Crippen molar-refractivity contribution in [3.63, 3.8) is 0 Å². The van der Waals surface area contributed by atoms with Crippen LogP contribution in [0.5, 0.6) is 5.75 Å². The summed E-state index contributed by atoms with van der Waals surface area (Å²) in [6.45, 7) is 1.01. The quantitative estimate of drug-likeness (QED) is 0.695. The lowest BCUT2D eigenvalue weighted by atomic mass is 10.1. The van der Waals surface area contributed by atoms with Crippen molar-refractivity contribution in [2.24, 2.45) is 0 Å². The Morgan fingerprint density at radius 1 is 1.26 bits per heavy atom. The molecule has 1 N–H and O–H groups in total. The third-order valence-electron chi connectivity index (χ3n) is 4.08. The number of carbonyl (C=O) groups excluding carboxylic acids is 1. The maximum atomic E-state index is 12.3. The molecule has 1 heterocycles. The molecular formula is C19H23F3N2O2S. The number of amides is 1. The molecule has 27 heavy (non-hydrogen) atoms. The molecule has 2 aromatic rings. The third kappa shape index (κ3) is 7.60. The number of nitrogens with one attached hydrogen (secondary N) is 1. The molecule has 1 amide bonds. The zero-order valence-electron chi connectivity index (χ0n) is 15.3. The lowest BCUT2D eigenvalue weighted by Gasteiger charge is -2.28. The van der Waals surface area contributed by atoms with E-state index in [-0.39, 0.29) is 12.6 Å². The fourth-order valence-electron chi connectivity index (χ4n) is 2.62. The Morgan fingerprint density at radius 3 is 2.52 bits per heavy atom. The molecular weight excluding hydrogens is 377 g/mol. The molecule has 1 atom stereocenters. The molecule has 0 bridgehead atoms. The van der Waals surface area contributed by atoms with E-state index in [2.05, 4.69) is 0 Å². The van der Waals surface area contributed by atoms with Crippen LogP contribution in [0.4, 0.5) is 13.2 Å². The summed E-state index contributed by atoms with van der Waals surface area (Å²) in [6.07, 6.45) is -3.70. The standard InChI is InChI=1S/C19H23F3N2O2S/c1-14(10-17-4-3-9-27-17)24(12-18(25)23-13-19(20,21)22)11-15-5-7-16(26-2)8-6-15/h3-9,14H,10-13H2,1-2H3,(H,23,25)/t14-/m0/s1. The molecule has 4 nitrogen and oxygen atoms in total. The van der Waals surface area contributed by atoms with Crippen LogP contribution < -0.4 is 10.1 Å². The summed E-state index contributed by atoms with van der Waals surface area (Å²) in [6, 6.07) is 11.4. The lowest BCUT2D eigenvalue weighted by Crippen LogP contribution is -2.44. The van der Waals surface area contributed by atoms with E-state index in [4.69, 9.17) is 4.74 Å². The van der Waals surface area contributed by atoms with E-state index in [0.29, 0.717) is 6.54 Å². The molecule has 0 aliphatic heterocycles. The summed E-state index contributed by atoms with van der Waals surface area (Å²) in [7, 11) is 1.58. The van der Waals surface area contributed by atoms with E-state index in [0.717, 1.165) is 22.6 Å². The maximum absolute atomic E-state index is 12.3. The van der Waals surface area contributed by atoms with Gasteiger partial charge in [-0.15, -0.1) is 11.3 Å². The third-order valence-corrected chi connectivity index (χ3v) is 4.98. The number of halogens is 3. The van der Waals surface area contributed by atoms with E-state index in [1.807, 2.05) is 58.9 Å². The highest BCUT2D eigenvalue weighted by molar-refractivity contribution is 7.09. The van der Waals surface area contributed by atoms with Gasteiger partial charge in [-0.1, -0.05) is 18.2 Å². The van der Waals surface area contributed by atoms with E-state index in [1.54, 1.807) is 18.4 Å². The zero-order chi connectivity index (χ0) is 19.9. The minimum absolute atomic E-state index is 0.0117. The average Bonchev–Trinajstić information content (AvgIpc) is 3.12. The SMILES string of the molecule is COc1ccc(CN(CC(=O)NCC(F)(F)F)[C@@H](C)Cc2cccs2)cc1. The van der Waals surface area contributed by atoms with Gasteiger partial charge in [0.15, 0.2) is 0 Å². The van der Waals surface area contributed by atoms with E-state index >= 15 is 0 Å². The number of carbonyl (C=O) groups is 1. The number of benzene rings is 1. The number of ether oxygens (including phenoxy) is 1. The molecule has 148 valence electrons. The molecule has 0 fully saturated rings. The molecule has 0 saturated heterocycles. The topological polar surface area (TPSA) is 41.6 Å². The minimum atomic E-state index is -4.42. The van der Waals surface area contributed by atoms with Crippen LogP contribution in [0.1, 0.15) is 17.4 Å². The smallest absolute Gasteiger partial charge is 0.405 e. The van der Waals surface area contributed by atoms with E-state index in [9.17, 15) is 18.0 Å². The second-order valence-electron chi connectivity index (χ2n) is 6.28. The first-order chi connectivity index (χ1) is 12.8. The average molecular weight is 400 g/mol. The van der Waals surface area contributed by atoms with Crippen molar-refractivity contribution in [2.45, 2.75) is 32.1 Å². The van der Waals surface area contributed by atoms with Crippen molar-refractivity contribution in [1.29, 1.82) is 0 Å². The van der Waals surface area contributed by atoms with Crippen LogP contribution in [0, 0.1) is 0 Å². The summed E-state index contributed by atoms with van der Waals surface area (Å²) < 4.78 is 42.2. The first-order valence-electron chi connectivity index (χ1n) is 8.49. The molecule has 1 aromatic heterocycles. The molecule has 0 unspecified atom stereocenters. The van der Waals surface area contributed by atoms with Gasteiger partial charge in [0.05, 0.1) is 13.7 Å². The number of methoxy groups -OCH3 is 1. The zero-order valence-corrected chi connectivity index (χ0v) is 16.1. The largest absolute Gasteiger partial charge is 0.497 e. The summed E-state index contributed by atoms with van der Waals surface area (Å²) in [5.41, 5.74) is 0.956. The fraction of sp³-hybridized carbons (Fsp3) is 0.421. The second kappa shape index (κ2) is 9.75. The summed E-state index contributed by atoms with van der Waals surface area (Å²) in [5.74, 6) is 0.0821. The lowest BCUT2D eigenvalue weighted by molar-refractivity contribution is -0.139. The molecule has 0 aliphatic carbocycles. The van der Waals surface area contributed by atoms with Crippen LogP contribution in [0.3, 0.4) is 0 Å². The Morgan fingerprint density at radius 2 is 1.96 bits per heavy atom. The molecule has 8 heteroatoms. The first kappa shape index (κ1) is 21.2. The van der Waals surface area contributed by atoms with Crippen molar-refractivity contribution >= 4 is 17.2 Å². The molecule has 2 rings (SSSR count). The van der Waals surface area contributed by atoms with Crippen LogP contribution in [-0.4, -0.2) is 43.2 Å². The summed E-state index contributed by atoms with van der Waals surface area (Å²) in [5, 5.41) is 3.93. The molecule has 1 aromatic carbocycles. The number of rotatable bonds is 9. The number of thiophene rings is 1. The monoisotopic (exact) mass is 400 g/mol. The number of alkyl halides is 3. The number of hydrogen-bond acceptors (Lipinski definition) is 4. The number of hydrogen-bond donors (Lipinski definition) is 1. The van der Waals surface area contributed by atoms with Gasteiger partial charge >= 0.3 is 6.18 Å². The van der Waals surface area contributed by atoms with Crippen molar-refractivity contribution in [3.05, 3.63) is 52.2 Å². The maximum Gasteiger partial charge on any atom is 0.405 e. The Bertz CT molecular complexity index is 703. The Balaban J connectivity index is 2.05. The van der Waals surface area contributed by atoms with Crippen LogP contribution in [0.2, 0.25) is 0 Å². The van der Waals surface area contributed by atoms with Crippen LogP contribution in [-0.2, 0) is 17.8 Å². The van der Waals surface area contributed by atoms with Crippen LogP contribution in [0.15, 0.2) is 41.8 Å². The van der Waals surface area contributed by atoms with Gasteiger partial charge in [0, 0.05) is 17.5 Å². The van der Waals surface area contributed by atoms with Gasteiger partial charge < -0.3 is 10.1 Å². The first-order valence-corrected chi connectivity index (χ1v) is 9.37. The predicted octanol–water partition coefficient (Wildman–Crippen LogP) is 3.87. The molecule has 0 aliphatic rings. The fourth-order valence-corrected chi connectivity index (χ4v) is 3.45. The highest BCUT2D eigenvalue weighted by atomic mass is 32.1. The van der Waals surface area contributed by atoms with Gasteiger partial charge in [-0.25, -0.2) is 0 Å². The van der Waals surface area contributed by atoms with Crippen molar-refractivity contribution in [2.75, 3.05) is 20.2 Å². The predicted molar refractivity (Wildman–Crippen MR) is 100.0 cm³/mol. The van der Waals surface area contributed by atoms with E-state index in [1.165, 1.54) is 0 Å². The Hall–Kier alpha value is -2.06. The van der Waals surface area contributed by atoms with Gasteiger partial charge in [0.25, 0.3) is 0 Å². The number of nitrogens with zero attached hydrogens (tertiary/aromatic N) is 1. The van der Waals surface area contributed by atoms with Gasteiger partial charge in [0.1, 0.15) is 12.3 Å². The van der Waals surface area contributed by atoms with Crippen LogP contribution >= 0.6 is 11.3 Å². The van der Waals surface area contributed by atoms with Gasteiger partial charge in [-0.2, -0.15) is 13.2 Å². The second-order valence-corrected chi connectivity index (χ2v) is 7.31. The summed E-state index contributed by atoms with van der Waals surface area (Å²) in [4.78, 5) is 15.1. The normalized spacial score (nSPS) is 12.8. The molecule has 0 spiro atoms. The molecule has 0 saturated carbocycles. The minimum Gasteiger partial charge on any atom is -0.497 e. The van der Waals surface area contributed by atoms with Gasteiger partial charge in [-0.3, -0.25) is 9.69 Å². The van der Waals surface area contributed by atoms with Gasteiger partial charge in [-0.05, 0) is 42.5 Å². The van der Waals surface area contributed by atoms with Crippen LogP contribution in [0.25, 0.3) is 0 Å².